The molecule has 2 aliphatic heterocycles. The average Bonchev–Trinajstić information content (AvgIpc) is 2.54. The molecule has 0 radical (unpaired) electrons. The van der Waals surface area contributed by atoms with E-state index in [1.54, 1.807) is 0 Å². The number of hydrogen-bond donors (Lipinski definition) is 2. The van der Waals surface area contributed by atoms with Crippen LogP contribution in [0.15, 0.2) is 0 Å². The summed E-state index contributed by atoms with van der Waals surface area (Å²) in [6.45, 7) is 15.1. The normalized spacial score (nSPS) is 26.9. The number of carbonyl (C=O) groups excluding carboxylic acids is 2. The topological polar surface area (TPSA) is 111 Å². The maximum absolute atomic E-state index is 12.4. The summed E-state index contributed by atoms with van der Waals surface area (Å²) in [5.41, 5.74) is -2.19. The van der Waals surface area contributed by atoms with Crippen molar-refractivity contribution in [3.8, 4) is 0 Å². The Labute approximate surface area is 181 Å². The van der Waals surface area contributed by atoms with Gasteiger partial charge in [-0.1, -0.05) is 0 Å². The van der Waals surface area contributed by atoms with E-state index < -0.39 is 22.2 Å². The van der Waals surface area contributed by atoms with E-state index in [4.69, 9.17) is 0 Å². The van der Waals surface area contributed by atoms with Gasteiger partial charge >= 0.3 is 0 Å². The largest absolute Gasteiger partial charge is 0.784 e. The smallest absolute Gasteiger partial charge is 0.220 e. The van der Waals surface area contributed by atoms with E-state index in [0.29, 0.717) is 25.7 Å². The Hall–Kier alpha value is -1.22. The van der Waals surface area contributed by atoms with Gasteiger partial charge in [0.15, 0.2) is 0 Å². The van der Waals surface area contributed by atoms with Crippen LogP contribution in [0.25, 0.3) is 0 Å². The Kier molecular flexibility index (Phi) is 6.99. The van der Waals surface area contributed by atoms with Crippen LogP contribution in [0.3, 0.4) is 0 Å². The Morgan fingerprint density at radius 1 is 0.667 bits per heavy atom. The van der Waals surface area contributed by atoms with Gasteiger partial charge in [0.2, 0.25) is 11.8 Å². The number of piperidine rings is 2. The lowest BCUT2D eigenvalue weighted by Crippen LogP contribution is -2.62. The minimum Gasteiger partial charge on any atom is -0.784 e. The molecular weight excluding hydrogens is 384 g/mol. The lowest BCUT2D eigenvalue weighted by atomic mass is 9.79. The molecule has 0 spiro atoms. The van der Waals surface area contributed by atoms with E-state index >= 15 is 0 Å². The van der Waals surface area contributed by atoms with Crippen LogP contribution >= 0.6 is 0 Å². The van der Waals surface area contributed by atoms with Crippen molar-refractivity contribution >= 4 is 11.8 Å². The average molecular weight is 425 g/mol. The zero-order valence-corrected chi connectivity index (χ0v) is 19.9. The maximum atomic E-state index is 12.4. The fourth-order valence-corrected chi connectivity index (χ4v) is 5.56. The Bertz CT molecular complexity index is 568. The quantitative estimate of drug-likeness (QED) is 0.702. The summed E-state index contributed by atoms with van der Waals surface area (Å²) < 4.78 is 0. The first-order valence-corrected chi connectivity index (χ1v) is 11.0. The van der Waals surface area contributed by atoms with Crippen molar-refractivity contribution in [2.45, 2.75) is 128 Å². The number of rotatable bonds is 5. The minimum atomic E-state index is -0.549. The Morgan fingerprint density at radius 3 is 1.13 bits per heavy atom. The number of amides is 2. The summed E-state index contributed by atoms with van der Waals surface area (Å²) >= 11 is 0. The van der Waals surface area contributed by atoms with E-state index in [9.17, 15) is 20.0 Å². The van der Waals surface area contributed by atoms with Gasteiger partial charge in [-0.2, -0.15) is 0 Å². The molecule has 2 fully saturated rings. The molecule has 0 aromatic carbocycles. The zero-order chi connectivity index (χ0) is 23.1. The van der Waals surface area contributed by atoms with Gasteiger partial charge in [-0.15, -0.1) is 0 Å². The number of hydrogen-bond acceptors (Lipinski definition) is 6. The van der Waals surface area contributed by atoms with Crippen molar-refractivity contribution in [1.29, 1.82) is 0 Å². The third kappa shape index (κ3) is 5.72. The SMILES string of the molecule is CC1(C)CC(NC(=O)CCC(=O)NC2CC(C)(C)N([O-])C(C)(C)C2)CC(C)(C)N1[O-]. The Morgan fingerprint density at radius 2 is 0.900 bits per heavy atom. The summed E-state index contributed by atoms with van der Waals surface area (Å²) in [5, 5.41) is 33.2. The van der Waals surface area contributed by atoms with E-state index in [-0.39, 0.29) is 36.7 Å². The van der Waals surface area contributed by atoms with Crippen LogP contribution in [-0.4, -0.2) is 56.2 Å². The first-order valence-electron chi connectivity index (χ1n) is 11.0. The molecule has 0 aromatic heterocycles. The van der Waals surface area contributed by atoms with Crippen LogP contribution in [0.2, 0.25) is 0 Å². The van der Waals surface area contributed by atoms with Crippen molar-refractivity contribution in [1.82, 2.24) is 20.8 Å². The van der Waals surface area contributed by atoms with E-state index in [2.05, 4.69) is 10.6 Å². The second-order valence-electron chi connectivity index (χ2n) is 11.7. The maximum Gasteiger partial charge on any atom is 0.220 e. The van der Waals surface area contributed by atoms with Gasteiger partial charge in [-0.05, 0) is 81.1 Å². The van der Waals surface area contributed by atoms with E-state index in [1.807, 2.05) is 55.4 Å². The molecule has 2 rings (SSSR count). The molecule has 2 aliphatic rings. The second-order valence-corrected chi connectivity index (χ2v) is 11.7. The van der Waals surface area contributed by atoms with Gasteiger partial charge in [0.25, 0.3) is 0 Å². The molecule has 8 nitrogen and oxygen atoms in total. The van der Waals surface area contributed by atoms with Crippen molar-refractivity contribution < 1.29 is 9.59 Å². The molecule has 2 N–H and O–H groups in total. The standard InChI is InChI=1S/C22H40N4O4/c1-19(2)11-15(12-20(3,4)25(19)29)23-17(27)9-10-18(28)24-16-13-21(5,6)26(30)22(7,8)14-16/h15-16H,9-14H2,1-8H3,(H,23,27)(H,24,28)/q-2. The van der Waals surface area contributed by atoms with Gasteiger partial charge in [-0.25, -0.2) is 0 Å². The van der Waals surface area contributed by atoms with Crippen LogP contribution < -0.4 is 10.6 Å². The molecule has 0 aromatic rings. The molecule has 0 bridgehead atoms. The van der Waals surface area contributed by atoms with Crippen LogP contribution in [0.1, 0.15) is 93.9 Å². The third-order valence-corrected chi connectivity index (χ3v) is 6.49. The summed E-state index contributed by atoms with van der Waals surface area (Å²) in [5.74, 6) is -0.340. The molecule has 0 saturated carbocycles. The van der Waals surface area contributed by atoms with Gasteiger partial charge in [-0.3, -0.25) is 9.59 Å². The zero-order valence-electron chi connectivity index (χ0n) is 19.9. The van der Waals surface area contributed by atoms with E-state index in [1.165, 1.54) is 0 Å². The lowest BCUT2D eigenvalue weighted by Gasteiger charge is -2.60. The summed E-state index contributed by atoms with van der Waals surface area (Å²) in [7, 11) is 0. The predicted molar refractivity (Wildman–Crippen MR) is 118 cm³/mol. The molecule has 8 heteroatoms. The van der Waals surface area contributed by atoms with Crippen molar-refractivity contribution in [3.05, 3.63) is 10.4 Å². The second kappa shape index (κ2) is 8.37. The van der Waals surface area contributed by atoms with Gasteiger partial charge in [0, 0.05) is 47.1 Å². The molecule has 0 atom stereocenters. The van der Waals surface area contributed by atoms with Gasteiger partial charge < -0.3 is 31.2 Å². The van der Waals surface area contributed by atoms with Crippen LogP contribution in [0, 0.1) is 10.4 Å². The number of nitrogens with one attached hydrogen (secondary N) is 2. The number of nitrogens with zero attached hydrogens (tertiary/aromatic N) is 2. The molecule has 2 heterocycles. The van der Waals surface area contributed by atoms with Crippen LogP contribution in [0.4, 0.5) is 0 Å². The summed E-state index contributed by atoms with van der Waals surface area (Å²) in [6, 6.07) is -0.169. The molecular formula is C22H40N4O4-2. The third-order valence-electron chi connectivity index (χ3n) is 6.49. The monoisotopic (exact) mass is 424 g/mol. The molecule has 0 aliphatic carbocycles. The van der Waals surface area contributed by atoms with Crippen molar-refractivity contribution in [2.24, 2.45) is 0 Å². The summed E-state index contributed by atoms with van der Waals surface area (Å²) in [4.78, 5) is 24.9. The summed E-state index contributed by atoms with van der Waals surface area (Å²) in [6.07, 6.45) is 2.53. The fraction of sp³-hybridized carbons (Fsp3) is 0.909. The van der Waals surface area contributed by atoms with Gasteiger partial charge in [0.05, 0.1) is 0 Å². The van der Waals surface area contributed by atoms with Crippen molar-refractivity contribution in [2.75, 3.05) is 0 Å². The predicted octanol–water partition coefficient (Wildman–Crippen LogP) is 3.04. The van der Waals surface area contributed by atoms with Crippen LogP contribution in [-0.2, 0) is 9.59 Å². The molecule has 2 saturated heterocycles. The fourth-order valence-electron chi connectivity index (χ4n) is 5.56. The first-order chi connectivity index (χ1) is 13.5. The highest BCUT2D eigenvalue weighted by Gasteiger charge is 2.41. The van der Waals surface area contributed by atoms with Crippen molar-refractivity contribution in [3.63, 3.8) is 0 Å². The highest BCUT2D eigenvalue weighted by molar-refractivity contribution is 5.84. The highest BCUT2D eigenvalue weighted by Crippen LogP contribution is 2.38. The molecule has 0 unspecified atom stereocenters. The van der Waals surface area contributed by atoms with Gasteiger partial charge in [0.1, 0.15) is 0 Å². The molecule has 2 amide bonds. The first kappa shape index (κ1) is 25.0. The van der Waals surface area contributed by atoms with Crippen LogP contribution in [0.5, 0.6) is 0 Å². The van der Waals surface area contributed by atoms with E-state index in [0.717, 1.165) is 10.1 Å². The molecule has 30 heavy (non-hydrogen) atoms. The lowest BCUT2D eigenvalue weighted by molar-refractivity contribution is -0.128. The Balaban J connectivity index is 1.83. The highest BCUT2D eigenvalue weighted by atomic mass is 16.5. The molecule has 174 valence electrons. The number of hydroxylamine groups is 4. The minimum absolute atomic E-state index is 0.0845. The number of carbonyl (C=O) groups is 2.